The third-order valence-electron chi connectivity index (χ3n) is 2.05. The molecule has 0 spiro atoms. The number of rotatable bonds is 3. The summed E-state index contributed by atoms with van der Waals surface area (Å²) in [7, 11) is 3.35. The van der Waals surface area contributed by atoms with Crippen LogP contribution in [0.15, 0.2) is 12.1 Å². The molecule has 0 unspecified atom stereocenters. The number of nitrogens with zero attached hydrogens (tertiary/aromatic N) is 2. The SMILES string of the molecule is CC(=O)Nc1cc(N(C)C)c([N+](=O)[O-])cc1Cl. The summed E-state index contributed by atoms with van der Waals surface area (Å²) in [6.07, 6.45) is 0. The molecule has 0 aliphatic heterocycles. The minimum absolute atomic E-state index is 0.103. The van der Waals surface area contributed by atoms with Gasteiger partial charge in [-0.05, 0) is 6.07 Å². The zero-order valence-electron chi connectivity index (χ0n) is 9.65. The van der Waals surface area contributed by atoms with Gasteiger partial charge in [0.2, 0.25) is 5.91 Å². The van der Waals surface area contributed by atoms with Crippen LogP contribution in [0.2, 0.25) is 5.02 Å². The molecule has 7 heteroatoms. The lowest BCUT2D eigenvalue weighted by Gasteiger charge is -2.15. The predicted octanol–water partition coefficient (Wildman–Crippen LogP) is 2.27. The van der Waals surface area contributed by atoms with Crippen molar-refractivity contribution in [1.29, 1.82) is 0 Å². The number of amides is 1. The summed E-state index contributed by atoms with van der Waals surface area (Å²) < 4.78 is 0. The molecule has 0 aliphatic carbocycles. The summed E-state index contributed by atoms with van der Waals surface area (Å²) in [6.45, 7) is 1.34. The lowest BCUT2D eigenvalue weighted by molar-refractivity contribution is -0.384. The van der Waals surface area contributed by atoms with Crippen LogP contribution in [-0.4, -0.2) is 24.9 Å². The molecule has 0 aliphatic rings. The molecule has 1 amide bonds. The largest absolute Gasteiger partial charge is 0.372 e. The Kier molecular flexibility index (Phi) is 3.90. The molecule has 0 saturated heterocycles. The van der Waals surface area contributed by atoms with Crippen LogP contribution < -0.4 is 10.2 Å². The van der Waals surface area contributed by atoms with Crippen LogP contribution in [0.3, 0.4) is 0 Å². The fourth-order valence-corrected chi connectivity index (χ4v) is 1.55. The van der Waals surface area contributed by atoms with Gasteiger partial charge in [-0.25, -0.2) is 0 Å². The summed E-state index contributed by atoms with van der Waals surface area (Å²) in [5.41, 5.74) is 0.630. The molecular formula is C10H12ClN3O3. The Labute approximate surface area is 103 Å². The molecule has 1 aromatic carbocycles. The van der Waals surface area contributed by atoms with Gasteiger partial charge in [-0.1, -0.05) is 11.6 Å². The van der Waals surface area contributed by atoms with E-state index >= 15 is 0 Å². The average Bonchev–Trinajstić information content (AvgIpc) is 2.19. The molecule has 1 rings (SSSR count). The molecule has 92 valence electrons. The number of carbonyl (C=O) groups excluding carboxylic acids is 1. The second kappa shape index (κ2) is 5.01. The number of nitrogens with one attached hydrogen (secondary N) is 1. The van der Waals surface area contributed by atoms with Crippen LogP contribution in [0.25, 0.3) is 0 Å². The van der Waals surface area contributed by atoms with Crippen molar-refractivity contribution in [2.75, 3.05) is 24.3 Å². The lowest BCUT2D eigenvalue weighted by atomic mass is 10.2. The maximum atomic E-state index is 10.9. The predicted molar refractivity (Wildman–Crippen MR) is 66.7 cm³/mol. The fourth-order valence-electron chi connectivity index (χ4n) is 1.34. The number of nitro groups is 1. The highest BCUT2D eigenvalue weighted by Crippen LogP contribution is 2.35. The normalized spacial score (nSPS) is 9.88. The summed E-state index contributed by atoms with van der Waals surface area (Å²) >= 11 is 5.86. The van der Waals surface area contributed by atoms with Crippen molar-refractivity contribution in [2.45, 2.75) is 6.92 Å². The van der Waals surface area contributed by atoms with Gasteiger partial charge >= 0.3 is 0 Å². The van der Waals surface area contributed by atoms with Crippen molar-refractivity contribution in [3.8, 4) is 0 Å². The molecule has 0 aromatic heterocycles. The van der Waals surface area contributed by atoms with E-state index in [0.717, 1.165) is 0 Å². The number of carbonyl (C=O) groups is 1. The van der Waals surface area contributed by atoms with Crippen LogP contribution in [0.5, 0.6) is 0 Å². The average molecular weight is 258 g/mol. The van der Waals surface area contributed by atoms with Crippen molar-refractivity contribution in [3.63, 3.8) is 0 Å². The van der Waals surface area contributed by atoms with Gasteiger partial charge in [0.1, 0.15) is 5.69 Å². The zero-order valence-corrected chi connectivity index (χ0v) is 10.4. The maximum absolute atomic E-state index is 10.9. The van der Waals surface area contributed by atoms with Gasteiger partial charge in [0.25, 0.3) is 5.69 Å². The molecule has 0 heterocycles. The van der Waals surface area contributed by atoms with Gasteiger partial charge in [0.05, 0.1) is 15.6 Å². The zero-order chi connectivity index (χ0) is 13.2. The van der Waals surface area contributed by atoms with Gasteiger partial charge in [-0.15, -0.1) is 0 Å². The van der Waals surface area contributed by atoms with Gasteiger partial charge in [-0.3, -0.25) is 14.9 Å². The first kappa shape index (κ1) is 13.2. The highest BCUT2D eigenvalue weighted by atomic mass is 35.5. The molecule has 0 atom stereocenters. The Morgan fingerprint density at radius 3 is 2.47 bits per heavy atom. The topological polar surface area (TPSA) is 75.5 Å². The minimum Gasteiger partial charge on any atom is -0.372 e. The van der Waals surface area contributed by atoms with E-state index in [2.05, 4.69) is 5.32 Å². The van der Waals surface area contributed by atoms with Crippen LogP contribution in [-0.2, 0) is 4.79 Å². The quantitative estimate of drug-likeness (QED) is 0.666. The van der Waals surface area contributed by atoms with E-state index in [1.807, 2.05) is 0 Å². The molecule has 0 fully saturated rings. The summed E-state index contributed by atoms with van der Waals surface area (Å²) in [5, 5.41) is 13.5. The van der Waals surface area contributed by atoms with Crippen LogP contribution in [0, 0.1) is 10.1 Å². The summed E-state index contributed by atoms with van der Waals surface area (Å²) in [5.74, 6) is -0.287. The van der Waals surface area contributed by atoms with Crippen LogP contribution in [0.1, 0.15) is 6.92 Å². The third-order valence-corrected chi connectivity index (χ3v) is 2.37. The number of hydrogen-bond donors (Lipinski definition) is 1. The smallest absolute Gasteiger partial charge is 0.294 e. The van der Waals surface area contributed by atoms with E-state index in [1.54, 1.807) is 19.0 Å². The van der Waals surface area contributed by atoms with E-state index in [4.69, 9.17) is 11.6 Å². The van der Waals surface area contributed by atoms with Crippen molar-refractivity contribution >= 4 is 34.6 Å². The van der Waals surface area contributed by atoms with E-state index in [9.17, 15) is 14.9 Å². The lowest BCUT2D eigenvalue weighted by Crippen LogP contribution is -2.13. The number of benzene rings is 1. The Balaban J connectivity index is 3.34. The summed E-state index contributed by atoms with van der Waals surface area (Å²) in [4.78, 5) is 22.9. The second-order valence-corrected chi connectivity index (χ2v) is 4.06. The molecule has 0 saturated carbocycles. The summed E-state index contributed by atoms with van der Waals surface area (Å²) in [6, 6.07) is 2.70. The van der Waals surface area contributed by atoms with Crippen molar-refractivity contribution < 1.29 is 9.72 Å². The van der Waals surface area contributed by atoms with Crippen LogP contribution >= 0.6 is 11.6 Å². The molecule has 0 bridgehead atoms. The first-order valence-electron chi connectivity index (χ1n) is 4.75. The van der Waals surface area contributed by atoms with Crippen LogP contribution in [0.4, 0.5) is 17.1 Å². The first-order valence-corrected chi connectivity index (χ1v) is 5.13. The Morgan fingerprint density at radius 1 is 1.47 bits per heavy atom. The first-order chi connectivity index (χ1) is 7.82. The Hall–Kier alpha value is -1.82. The standard InChI is InChI=1S/C10H12ClN3O3/c1-6(15)12-8-5-9(13(2)3)10(14(16)17)4-7(8)11/h4-5H,1-3H3,(H,12,15). The highest BCUT2D eigenvalue weighted by molar-refractivity contribution is 6.34. The third kappa shape index (κ3) is 3.07. The number of anilines is 2. The molecule has 1 N–H and O–H groups in total. The van der Waals surface area contributed by atoms with Gasteiger partial charge < -0.3 is 10.2 Å². The number of nitro benzene ring substituents is 1. The van der Waals surface area contributed by atoms with Crippen molar-refractivity contribution in [1.82, 2.24) is 0 Å². The van der Waals surface area contributed by atoms with Gasteiger partial charge in [0, 0.05) is 27.1 Å². The van der Waals surface area contributed by atoms with Crippen molar-refractivity contribution in [2.24, 2.45) is 0 Å². The molecule has 6 nitrogen and oxygen atoms in total. The fraction of sp³-hybridized carbons (Fsp3) is 0.300. The number of halogens is 1. The van der Waals surface area contributed by atoms with Gasteiger partial charge in [0.15, 0.2) is 0 Å². The second-order valence-electron chi connectivity index (χ2n) is 3.65. The molecule has 1 aromatic rings. The molecular weight excluding hydrogens is 246 g/mol. The van der Waals surface area contributed by atoms with Gasteiger partial charge in [-0.2, -0.15) is 0 Å². The number of hydrogen-bond acceptors (Lipinski definition) is 4. The molecule has 0 radical (unpaired) electrons. The molecule has 17 heavy (non-hydrogen) atoms. The van der Waals surface area contributed by atoms with Crippen molar-refractivity contribution in [3.05, 3.63) is 27.3 Å². The van der Waals surface area contributed by atoms with E-state index in [0.29, 0.717) is 11.4 Å². The maximum Gasteiger partial charge on any atom is 0.294 e. The Bertz CT molecular complexity index is 474. The van der Waals surface area contributed by atoms with E-state index in [-0.39, 0.29) is 16.6 Å². The van der Waals surface area contributed by atoms with E-state index < -0.39 is 4.92 Å². The monoisotopic (exact) mass is 257 g/mol. The van der Waals surface area contributed by atoms with E-state index in [1.165, 1.54) is 19.1 Å². The highest BCUT2D eigenvalue weighted by Gasteiger charge is 2.19. The minimum atomic E-state index is -0.515. The Morgan fingerprint density at radius 2 is 2.06 bits per heavy atom.